The highest BCUT2D eigenvalue weighted by molar-refractivity contribution is 6.55. The van der Waals surface area contributed by atoms with Crippen LogP contribution in [-0.2, 0) is 0 Å². The van der Waals surface area contributed by atoms with Crippen LogP contribution in [0.1, 0.15) is 27.2 Å². The van der Waals surface area contributed by atoms with Crippen molar-refractivity contribution in [2.24, 2.45) is 17.3 Å². The number of rotatable bonds is 2. The van der Waals surface area contributed by atoms with Crippen molar-refractivity contribution < 1.29 is 0 Å². The summed E-state index contributed by atoms with van der Waals surface area (Å²) in [5, 5.41) is 0. The fourth-order valence-corrected chi connectivity index (χ4v) is 2.30. The van der Waals surface area contributed by atoms with Gasteiger partial charge in [0.15, 0.2) is 0 Å². The average molecular weight is 193 g/mol. The summed E-state index contributed by atoms with van der Waals surface area (Å²) in [6, 6.07) is 0. The predicted molar refractivity (Wildman–Crippen MR) is 50.8 cm³/mol. The van der Waals surface area contributed by atoms with Crippen LogP contribution in [0.5, 0.6) is 0 Å². The quantitative estimate of drug-likeness (QED) is 0.622. The molecule has 0 heterocycles. The first-order valence-corrected chi connectivity index (χ1v) is 4.78. The summed E-state index contributed by atoms with van der Waals surface area (Å²) in [5.74, 6) is 1.37. The van der Waals surface area contributed by atoms with E-state index in [0.29, 0.717) is 15.8 Å². The van der Waals surface area contributed by atoms with Crippen molar-refractivity contribution in [3.05, 3.63) is 10.6 Å². The highest BCUT2D eigenvalue weighted by atomic mass is 35.5. The maximum absolute atomic E-state index is 5.59. The fourth-order valence-electron chi connectivity index (χ4n) is 2.03. The zero-order chi connectivity index (χ0) is 8.65. The minimum absolute atomic E-state index is 0.416. The molecule has 0 aromatic carbocycles. The van der Waals surface area contributed by atoms with E-state index < -0.39 is 0 Å². The van der Waals surface area contributed by atoms with Crippen LogP contribution in [0.3, 0.4) is 0 Å². The Kier molecular flexibility index (Phi) is 2.56. The van der Waals surface area contributed by atoms with E-state index >= 15 is 0 Å². The summed E-state index contributed by atoms with van der Waals surface area (Å²) >= 11 is 11.2. The molecule has 0 N–H and O–H groups in total. The Balaban J connectivity index is 2.59. The topological polar surface area (TPSA) is 0 Å². The van der Waals surface area contributed by atoms with Crippen LogP contribution in [0, 0.1) is 17.3 Å². The number of halogens is 2. The van der Waals surface area contributed by atoms with Crippen LogP contribution in [0.25, 0.3) is 0 Å². The Bertz CT molecular complexity index is 178. The van der Waals surface area contributed by atoms with Gasteiger partial charge in [-0.05, 0) is 17.3 Å². The summed E-state index contributed by atoms with van der Waals surface area (Å²) in [6.07, 6.45) is 3.19. The molecule has 0 amide bonds. The Morgan fingerprint density at radius 1 is 1.45 bits per heavy atom. The molecular formula is C9H14Cl2. The summed E-state index contributed by atoms with van der Waals surface area (Å²) in [6.45, 7) is 6.74. The SMILES string of the molecule is CC[C@@H]1[C@@H](C=C(Cl)Cl)C1(C)C. The molecule has 1 fully saturated rings. The van der Waals surface area contributed by atoms with Crippen molar-refractivity contribution in [1.82, 2.24) is 0 Å². The Morgan fingerprint density at radius 3 is 2.27 bits per heavy atom. The van der Waals surface area contributed by atoms with Crippen molar-refractivity contribution in [1.29, 1.82) is 0 Å². The second kappa shape index (κ2) is 2.99. The normalized spacial score (nSPS) is 33.2. The summed E-state index contributed by atoms with van der Waals surface area (Å²) in [5.41, 5.74) is 0.420. The molecule has 1 saturated carbocycles. The Hall–Kier alpha value is 0.320. The van der Waals surface area contributed by atoms with E-state index in [0.717, 1.165) is 5.92 Å². The lowest BCUT2D eigenvalue weighted by Gasteiger charge is -1.97. The van der Waals surface area contributed by atoms with E-state index in [1.165, 1.54) is 6.42 Å². The van der Waals surface area contributed by atoms with Crippen LogP contribution in [0.4, 0.5) is 0 Å². The molecule has 2 heteroatoms. The molecule has 0 nitrogen and oxygen atoms in total. The molecule has 0 spiro atoms. The van der Waals surface area contributed by atoms with Crippen molar-refractivity contribution in [2.75, 3.05) is 0 Å². The van der Waals surface area contributed by atoms with Crippen LogP contribution >= 0.6 is 23.2 Å². The largest absolute Gasteiger partial charge is 0.103 e. The monoisotopic (exact) mass is 192 g/mol. The van der Waals surface area contributed by atoms with Crippen LogP contribution in [0.2, 0.25) is 0 Å². The third-order valence-corrected chi connectivity index (χ3v) is 3.14. The molecule has 0 aromatic rings. The molecule has 0 aromatic heterocycles. The minimum atomic E-state index is 0.416. The highest BCUT2D eigenvalue weighted by Gasteiger charge is 2.54. The zero-order valence-corrected chi connectivity index (χ0v) is 8.71. The standard InChI is InChI=1S/C9H14Cl2/c1-4-6-7(5-8(10)11)9(6,2)3/h5-7H,4H2,1-3H3/t6-,7-/m1/s1. The van der Waals surface area contributed by atoms with Gasteiger partial charge in [0.2, 0.25) is 0 Å². The lowest BCUT2D eigenvalue weighted by Crippen LogP contribution is -1.88. The van der Waals surface area contributed by atoms with Gasteiger partial charge in [-0.1, -0.05) is 56.5 Å². The van der Waals surface area contributed by atoms with Crippen LogP contribution in [0.15, 0.2) is 10.6 Å². The molecule has 1 rings (SSSR count). The third kappa shape index (κ3) is 1.73. The van der Waals surface area contributed by atoms with Crippen molar-refractivity contribution in [3.63, 3.8) is 0 Å². The van der Waals surface area contributed by atoms with Gasteiger partial charge in [-0.25, -0.2) is 0 Å². The molecular weight excluding hydrogens is 179 g/mol. The van der Waals surface area contributed by atoms with Crippen molar-refractivity contribution >= 4 is 23.2 Å². The van der Waals surface area contributed by atoms with Crippen molar-refractivity contribution in [3.8, 4) is 0 Å². The molecule has 0 bridgehead atoms. The molecule has 0 saturated heterocycles. The number of allylic oxidation sites excluding steroid dienone is 1. The van der Waals surface area contributed by atoms with Gasteiger partial charge in [0, 0.05) is 0 Å². The van der Waals surface area contributed by atoms with Gasteiger partial charge in [-0.3, -0.25) is 0 Å². The lowest BCUT2D eigenvalue weighted by molar-refractivity contribution is 0.543. The molecule has 2 atom stereocenters. The van der Waals surface area contributed by atoms with Crippen molar-refractivity contribution in [2.45, 2.75) is 27.2 Å². The van der Waals surface area contributed by atoms with E-state index in [9.17, 15) is 0 Å². The van der Waals surface area contributed by atoms with E-state index in [1.807, 2.05) is 6.08 Å². The first kappa shape index (κ1) is 9.41. The summed E-state index contributed by atoms with van der Waals surface area (Å²) in [7, 11) is 0. The molecule has 64 valence electrons. The second-order valence-electron chi connectivity index (χ2n) is 3.82. The van der Waals surface area contributed by atoms with Gasteiger partial charge in [0.05, 0.1) is 0 Å². The van der Waals surface area contributed by atoms with E-state index in [2.05, 4.69) is 20.8 Å². The second-order valence-corrected chi connectivity index (χ2v) is 4.83. The molecule has 0 unspecified atom stereocenters. The zero-order valence-electron chi connectivity index (χ0n) is 7.20. The Morgan fingerprint density at radius 2 is 2.00 bits per heavy atom. The van der Waals surface area contributed by atoms with E-state index in [4.69, 9.17) is 23.2 Å². The predicted octanol–water partition coefficient (Wildman–Crippen LogP) is 3.99. The summed E-state index contributed by atoms with van der Waals surface area (Å²) in [4.78, 5) is 0. The highest BCUT2D eigenvalue weighted by Crippen LogP contribution is 2.61. The smallest absolute Gasteiger partial charge is 0.0712 e. The molecule has 1 aliphatic rings. The van der Waals surface area contributed by atoms with Gasteiger partial charge >= 0.3 is 0 Å². The van der Waals surface area contributed by atoms with Gasteiger partial charge in [-0.2, -0.15) is 0 Å². The van der Waals surface area contributed by atoms with Gasteiger partial charge in [0.25, 0.3) is 0 Å². The van der Waals surface area contributed by atoms with E-state index in [1.54, 1.807) is 0 Å². The van der Waals surface area contributed by atoms with Gasteiger partial charge in [-0.15, -0.1) is 0 Å². The van der Waals surface area contributed by atoms with Gasteiger partial charge < -0.3 is 0 Å². The number of hydrogen-bond donors (Lipinski definition) is 0. The molecule has 0 radical (unpaired) electrons. The molecule has 1 aliphatic carbocycles. The third-order valence-electron chi connectivity index (χ3n) is 2.88. The Labute approximate surface area is 78.6 Å². The molecule has 0 aliphatic heterocycles. The summed E-state index contributed by atoms with van der Waals surface area (Å²) < 4.78 is 0.416. The first-order chi connectivity index (χ1) is 5.00. The first-order valence-electron chi connectivity index (χ1n) is 4.03. The lowest BCUT2D eigenvalue weighted by atomic mass is 10.1. The maximum atomic E-state index is 5.59. The molecule has 11 heavy (non-hydrogen) atoms. The van der Waals surface area contributed by atoms with Crippen LogP contribution in [-0.4, -0.2) is 0 Å². The average Bonchev–Trinajstić information content (AvgIpc) is 2.33. The minimum Gasteiger partial charge on any atom is -0.0712 e. The van der Waals surface area contributed by atoms with E-state index in [-0.39, 0.29) is 0 Å². The fraction of sp³-hybridized carbons (Fsp3) is 0.778. The van der Waals surface area contributed by atoms with Gasteiger partial charge in [0.1, 0.15) is 4.49 Å². The number of hydrogen-bond acceptors (Lipinski definition) is 0. The van der Waals surface area contributed by atoms with Crippen LogP contribution < -0.4 is 0 Å². The maximum Gasteiger partial charge on any atom is 0.103 e.